The van der Waals surface area contributed by atoms with Crippen molar-refractivity contribution >= 4 is 16.8 Å². The van der Waals surface area contributed by atoms with Crippen molar-refractivity contribution < 1.29 is 9.18 Å². The Bertz CT molecular complexity index is 692. The van der Waals surface area contributed by atoms with Gasteiger partial charge in [0.1, 0.15) is 11.4 Å². The summed E-state index contributed by atoms with van der Waals surface area (Å²) in [5.41, 5.74) is 0.189. The first kappa shape index (κ1) is 13.3. The van der Waals surface area contributed by atoms with Gasteiger partial charge in [0, 0.05) is 25.2 Å². The van der Waals surface area contributed by atoms with Gasteiger partial charge in [-0.15, -0.1) is 0 Å². The number of carbonyl (C=O) groups excluding carboxylic acids is 1. The first-order valence-corrected chi connectivity index (χ1v) is 6.11. The largest absolute Gasteiger partial charge is 0.352 e. The van der Waals surface area contributed by atoms with E-state index >= 15 is 0 Å². The van der Waals surface area contributed by atoms with Crippen LogP contribution >= 0.6 is 0 Å². The summed E-state index contributed by atoms with van der Waals surface area (Å²) >= 11 is 0. The molecule has 1 aromatic carbocycles. The molecule has 5 heteroatoms. The molecule has 0 unspecified atom stereocenters. The lowest BCUT2D eigenvalue weighted by molar-refractivity contribution is 0.0952. The first-order chi connectivity index (χ1) is 9.04. The molecule has 0 saturated heterocycles. The molecule has 0 radical (unpaired) electrons. The first-order valence-electron chi connectivity index (χ1n) is 6.11. The smallest absolute Gasteiger partial charge is 0.256 e. The van der Waals surface area contributed by atoms with Crippen LogP contribution in [-0.4, -0.2) is 17.0 Å². The van der Waals surface area contributed by atoms with Crippen molar-refractivity contribution in [1.82, 2.24) is 9.88 Å². The van der Waals surface area contributed by atoms with Crippen LogP contribution in [0.4, 0.5) is 4.39 Å². The Morgan fingerprint density at radius 1 is 1.42 bits per heavy atom. The van der Waals surface area contributed by atoms with Gasteiger partial charge in [-0.1, -0.05) is 6.92 Å². The number of benzene rings is 1. The standard InChI is InChI=1S/C14H15FN2O2/c1-3-6-16-14(19)11-8-17(2)12-5-4-9(15)7-10(12)13(11)18/h4-5,7-8H,3,6H2,1-2H3,(H,16,19). The van der Waals surface area contributed by atoms with E-state index < -0.39 is 17.2 Å². The fraction of sp³-hybridized carbons (Fsp3) is 0.286. The Labute approximate surface area is 109 Å². The second-order valence-corrected chi connectivity index (χ2v) is 4.40. The molecule has 1 heterocycles. The van der Waals surface area contributed by atoms with Gasteiger partial charge in [0.15, 0.2) is 0 Å². The maximum Gasteiger partial charge on any atom is 0.256 e. The van der Waals surface area contributed by atoms with E-state index in [2.05, 4.69) is 5.32 Å². The highest BCUT2D eigenvalue weighted by Crippen LogP contribution is 2.12. The van der Waals surface area contributed by atoms with Crippen molar-refractivity contribution in [2.75, 3.05) is 6.54 Å². The number of rotatable bonds is 3. The third kappa shape index (κ3) is 2.50. The third-order valence-electron chi connectivity index (χ3n) is 2.93. The number of aromatic nitrogens is 1. The van der Waals surface area contributed by atoms with Crippen LogP contribution in [-0.2, 0) is 7.05 Å². The zero-order valence-electron chi connectivity index (χ0n) is 10.9. The maximum atomic E-state index is 13.2. The van der Waals surface area contributed by atoms with Gasteiger partial charge in [-0.25, -0.2) is 4.39 Å². The highest BCUT2D eigenvalue weighted by molar-refractivity contribution is 5.97. The topological polar surface area (TPSA) is 51.1 Å². The molecule has 0 aliphatic rings. The summed E-state index contributed by atoms with van der Waals surface area (Å²) in [6.07, 6.45) is 2.27. The van der Waals surface area contributed by atoms with E-state index in [9.17, 15) is 14.0 Å². The average Bonchev–Trinajstić information content (AvgIpc) is 2.40. The van der Waals surface area contributed by atoms with Gasteiger partial charge in [-0.05, 0) is 24.6 Å². The van der Waals surface area contributed by atoms with Crippen LogP contribution in [0.5, 0.6) is 0 Å². The molecule has 19 heavy (non-hydrogen) atoms. The van der Waals surface area contributed by atoms with Gasteiger partial charge in [0.05, 0.1) is 5.52 Å². The molecule has 0 bridgehead atoms. The Kier molecular flexibility index (Phi) is 3.64. The van der Waals surface area contributed by atoms with Gasteiger partial charge >= 0.3 is 0 Å². The zero-order valence-corrected chi connectivity index (χ0v) is 10.9. The molecule has 100 valence electrons. The van der Waals surface area contributed by atoms with E-state index in [0.29, 0.717) is 12.1 Å². The lowest BCUT2D eigenvalue weighted by Gasteiger charge is -2.09. The summed E-state index contributed by atoms with van der Waals surface area (Å²) in [5, 5.41) is 2.86. The van der Waals surface area contributed by atoms with Crippen LogP contribution in [0.25, 0.3) is 10.9 Å². The van der Waals surface area contributed by atoms with Crippen molar-refractivity contribution in [3.63, 3.8) is 0 Å². The van der Waals surface area contributed by atoms with Crippen molar-refractivity contribution in [2.24, 2.45) is 7.05 Å². The van der Waals surface area contributed by atoms with Crippen LogP contribution in [0.2, 0.25) is 0 Å². The van der Waals surface area contributed by atoms with Gasteiger partial charge in [-0.2, -0.15) is 0 Å². The third-order valence-corrected chi connectivity index (χ3v) is 2.93. The molecule has 0 atom stereocenters. The molecule has 0 aliphatic heterocycles. The van der Waals surface area contributed by atoms with Gasteiger partial charge < -0.3 is 9.88 Å². The Hall–Kier alpha value is -2.17. The number of nitrogens with zero attached hydrogens (tertiary/aromatic N) is 1. The Morgan fingerprint density at radius 3 is 2.84 bits per heavy atom. The average molecular weight is 262 g/mol. The summed E-state index contributed by atoms with van der Waals surface area (Å²) in [7, 11) is 1.72. The molecular formula is C14H15FN2O2. The van der Waals surface area contributed by atoms with Crippen molar-refractivity contribution in [3.05, 3.63) is 46.0 Å². The molecule has 0 saturated carbocycles. The number of aryl methyl sites for hydroxylation is 1. The SMILES string of the molecule is CCCNC(=O)c1cn(C)c2ccc(F)cc2c1=O. The van der Waals surface area contributed by atoms with E-state index in [1.807, 2.05) is 6.92 Å². The van der Waals surface area contributed by atoms with Gasteiger partial charge in [-0.3, -0.25) is 9.59 Å². The Morgan fingerprint density at radius 2 is 2.16 bits per heavy atom. The number of halogens is 1. The monoisotopic (exact) mass is 262 g/mol. The molecule has 1 N–H and O–H groups in total. The number of hydrogen-bond donors (Lipinski definition) is 1. The minimum absolute atomic E-state index is 0.0362. The second kappa shape index (κ2) is 5.22. The van der Waals surface area contributed by atoms with Gasteiger partial charge in [0.25, 0.3) is 5.91 Å². The van der Waals surface area contributed by atoms with Crippen molar-refractivity contribution in [2.45, 2.75) is 13.3 Å². The minimum Gasteiger partial charge on any atom is -0.352 e. The lowest BCUT2D eigenvalue weighted by Crippen LogP contribution is -2.30. The van der Waals surface area contributed by atoms with Crippen LogP contribution in [0.3, 0.4) is 0 Å². The van der Waals surface area contributed by atoms with E-state index in [4.69, 9.17) is 0 Å². The van der Waals surface area contributed by atoms with Crippen LogP contribution in [0, 0.1) is 5.82 Å². The highest BCUT2D eigenvalue weighted by Gasteiger charge is 2.14. The molecule has 0 spiro atoms. The number of hydrogen-bond acceptors (Lipinski definition) is 2. The van der Waals surface area contributed by atoms with Crippen molar-refractivity contribution in [1.29, 1.82) is 0 Å². The summed E-state index contributed by atoms with van der Waals surface area (Å²) in [6.45, 7) is 2.43. The summed E-state index contributed by atoms with van der Waals surface area (Å²) in [4.78, 5) is 24.1. The molecule has 1 amide bonds. The van der Waals surface area contributed by atoms with E-state index in [1.54, 1.807) is 11.6 Å². The number of pyridine rings is 1. The zero-order chi connectivity index (χ0) is 14.0. The summed E-state index contributed by atoms with van der Waals surface area (Å²) in [5.74, 6) is -0.913. The van der Waals surface area contributed by atoms with E-state index in [1.165, 1.54) is 18.3 Å². The van der Waals surface area contributed by atoms with Crippen molar-refractivity contribution in [3.8, 4) is 0 Å². The summed E-state index contributed by atoms with van der Waals surface area (Å²) in [6, 6.07) is 3.98. The molecule has 0 fully saturated rings. The predicted octanol–water partition coefficient (Wildman–Crippen LogP) is 1.82. The molecule has 0 aliphatic carbocycles. The number of carbonyl (C=O) groups is 1. The molecule has 2 rings (SSSR count). The normalized spacial score (nSPS) is 10.7. The highest BCUT2D eigenvalue weighted by atomic mass is 19.1. The molecule has 4 nitrogen and oxygen atoms in total. The fourth-order valence-electron chi connectivity index (χ4n) is 1.96. The maximum absolute atomic E-state index is 13.2. The number of fused-ring (bicyclic) bond motifs is 1. The van der Waals surface area contributed by atoms with E-state index in [0.717, 1.165) is 12.5 Å². The van der Waals surface area contributed by atoms with Crippen LogP contribution in [0.15, 0.2) is 29.2 Å². The van der Waals surface area contributed by atoms with Crippen LogP contribution in [0.1, 0.15) is 23.7 Å². The fourth-order valence-corrected chi connectivity index (χ4v) is 1.96. The molecular weight excluding hydrogens is 247 g/mol. The van der Waals surface area contributed by atoms with Crippen LogP contribution < -0.4 is 10.7 Å². The molecule has 2 aromatic rings. The lowest BCUT2D eigenvalue weighted by atomic mass is 10.1. The minimum atomic E-state index is -0.490. The summed E-state index contributed by atoms with van der Waals surface area (Å²) < 4.78 is 14.9. The molecule has 1 aromatic heterocycles. The Balaban J connectivity index is 2.61. The van der Waals surface area contributed by atoms with E-state index in [-0.39, 0.29) is 10.9 Å². The quantitative estimate of drug-likeness (QED) is 0.917. The number of nitrogens with one attached hydrogen (secondary N) is 1. The van der Waals surface area contributed by atoms with Gasteiger partial charge in [0.2, 0.25) is 5.43 Å². The second-order valence-electron chi connectivity index (χ2n) is 4.40. The number of amides is 1. The predicted molar refractivity (Wildman–Crippen MR) is 71.8 cm³/mol.